The molecule has 1 aromatic carbocycles. The molecule has 1 atom stereocenters. The van der Waals surface area contributed by atoms with Gasteiger partial charge in [0.1, 0.15) is 0 Å². The lowest BCUT2D eigenvalue weighted by molar-refractivity contribution is -0.119. The van der Waals surface area contributed by atoms with Crippen molar-refractivity contribution < 1.29 is 19.4 Å². The number of hydrogen-bond donors (Lipinski definition) is 1. The average Bonchev–Trinajstić information content (AvgIpc) is 3.13. The lowest BCUT2D eigenvalue weighted by Gasteiger charge is -2.18. The number of benzene rings is 1. The molecule has 1 amide bonds. The van der Waals surface area contributed by atoms with Crippen LogP contribution in [0.4, 0.5) is 5.69 Å². The van der Waals surface area contributed by atoms with Crippen molar-refractivity contribution in [2.24, 2.45) is 0 Å². The number of hydrogen-bond acceptors (Lipinski definition) is 3. The highest BCUT2D eigenvalue weighted by molar-refractivity contribution is 5.97. The molecule has 5 heteroatoms. The van der Waals surface area contributed by atoms with E-state index in [0.717, 1.165) is 43.5 Å². The summed E-state index contributed by atoms with van der Waals surface area (Å²) in [6.45, 7) is 1.44. The Morgan fingerprint density at radius 2 is 2.24 bits per heavy atom. The quantitative estimate of drug-likeness (QED) is 0.923. The summed E-state index contributed by atoms with van der Waals surface area (Å²) in [5.74, 6) is -0.900. The fraction of sp³-hybridized carbons (Fsp3) is 0.500. The molecule has 3 rings (SSSR count). The minimum Gasteiger partial charge on any atom is -0.478 e. The number of rotatable bonds is 4. The monoisotopic (exact) mass is 289 g/mol. The Morgan fingerprint density at radius 1 is 1.38 bits per heavy atom. The van der Waals surface area contributed by atoms with Crippen LogP contribution < -0.4 is 4.90 Å². The average molecular weight is 289 g/mol. The second-order valence-electron chi connectivity index (χ2n) is 5.62. The van der Waals surface area contributed by atoms with Gasteiger partial charge in [-0.2, -0.15) is 0 Å². The van der Waals surface area contributed by atoms with Gasteiger partial charge >= 0.3 is 5.97 Å². The molecule has 21 heavy (non-hydrogen) atoms. The van der Waals surface area contributed by atoms with Crippen LogP contribution in [0.15, 0.2) is 18.2 Å². The summed E-state index contributed by atoms with van der Waals surface area (Å²) < 4.78 is 5.54. The van der Waals surface area contributed by atoms with Crippen molar-refractivity contribution in [1.29, 1.82) is 0 Å². The topological polar surface area (TPSA) is 66.8 Å². The lowest BCUT2D eigenvalue weighted by atomic mass is 10.1. The maximum Gasteiger partial charge on any atom is 0.335 e. The first kappa shape index (κ1) is 14.1. The summed E-state index contributed by atoms with van der Waals surface area (Å²) in [5, 5.41) is 9.07. The van der Waals surface area contributed by atoms with Crippen LogP contribution in [0.5, 0.6) is 0 Å². The van der Waals surface area contributed by atoms with E-state index >= 15 is 0 Å². The van der Waals surface area contributed by atoms with Gasteiger partial charge in [-0.3, -0.25) is 4.79 Å². The summed E-state index contributed by atoms with van der Waals surface area (Å²) >= 11 is 0. The van der Waals surface area contributed by atoms with E-state index in [1.807, 2.05) is 6.07 Å². The Morgan fingerprint density at radius 3 is 2.95 bits per heavy atom. The van der Waals surface area contributed by atoms with Gasteiger partial charge in [0.15, 0.2) is 0 Å². The van der Waals surface area contributed by atoms with Crippen molar-refractivity contribution in [3.05, 3.63) is 29.3 Å². The van der Waals surface area contributed by atoms with Gasteiger partial charge in [0.05, 0.1) is 11.7 Å². The van der Waals surface area contributed by atoms with E-state index in [-0.39, 0.29) is 17.6 Å². The number of aromatic carboxylic acids is 1. The smallest absolute Gasteiger partial charge is 0.335 e. The molecule has 1 unspecified atom stereocenters. The summed E-state index contributed by atoms with van der Waals surface area (Å²) in [6.07, 6.45) is 4.33. The van der Waals surface area contributed by atoms with E-state index in [2.05, 4.69) is 0 Å². The Bertz CT molecular complexity index is 563. The highest BCUT2D eigenvalue weighted by Gasteiger charge is 2.26. The molecule has 1 aromatic rings. The number of amides is 1. The zero-order valence-electron chi connectivity index (χ0n) is 11.9. The third kappa shape index (κ3) is 2.93. The molecule has 2 aliphatic rings. The van der Waals surface area contributed by atoms with Gasteiger partial charge < -0.3 is 14.7 Å². The largest absolute Gasteiger partial charge is 0.478 e. The fourth-order valence-corrected chi connectivity index (χ4v) is 3.06. The van der Waals surface area contributed by atoms with Crippen LogP contribution in [0, 0.1) is 0 Å². The Hall–Kier alpha value is -1.88. The summed E-state index contributed by atoms with van der Waals surface area (Å²) in [7, 11) is 0. The van der Waals surface area contributed by atoms with Gasteiger partial charge in [-0.1, -0.05) is 6.07 Å². The normalized spacial score (nSPS) is 20.6. The van der Waals surface area contributed by atoms with Crippen molar-refractivity contribution in [3.63, 3.8) is 0 Å². The molecule has 2 aliphatic heterocycles. The third-order valence-electron chi connectivity index (χ3n) is 4.23. The molecule has 0 aliphatic carbocycles. The van der Waals surface area contributed by atoms with E-state index in [4.69, 9.17) is 9.84 Å². The zero-order chi connectivity index (χ0) is 14.8. The number of fused-ring (bicyclic) bond motifs is 1. The van der Waals surface area contributed by atoms with Crippen LogP contribution in [-0.4, -0.2) is 36.2 Å². The first-order chi connectivity index (χ1) is 10.1. The molecule has 0 saturated carbocycles. The first-order valence-corrected chi connectivity index (χ1v) is 7.43. The number of anilines is 1. The highest BCUT2D eigenvalue weighted by Crippen LogP contribution is 2.30. The molecule has 1 N–H and O–H groups in total. The Kier molecular flexibility index (Phi) is 3.92. The van der Waals surface area contributed by atoms with E-state index in [1.165, 1.54) is 0 Å². The van der Waals surface area contributed by atoms with Gasteiger partial charge in [0.2, 0.25) is 5.91 Å². The van der Waals surface area contributed by atoms with E-state index in [9.17, 15) is 9.59 Å². The molecule has 1 saturated heterocycles. The van der Waals surface area contributed by atoms with E-state index < -0.39 is 5.97 Å². The minimum absolute atomic E-state index is 0.0618. The molecule has 2 heterocycles. The first-order valence-electron chi connectivity index (χ1n) is 7.43. The number of ether oxygens (including phenoxy) is 1. The molecule has 1 fully saturated rings. The van der Waals surface area contributed by atoms with E-state index in [0.29, 0.717) is 13.0 Å². The summed E-state index contributed by atoms with van der Waals surface area (Å²) in [5.41, 5.74) is 2.03. The number of carboxylic acid groups (broad SMARTS) is 1. The van der Waals surface area contributed by atoms with Crippen molar-refractivity contribution >= 4 is 17.6 Å². The highest BCUT2D eigenvalue weighted by atomic mass is 16.5. The van der Waals surface area contributed by atoms with Crippen molar-refractivity contribution in [2.75, 3.05) is 18.1 Å². The van der Waals surface area contributed by atoms with Crippen LogP contribution >= 0.6 is 0 Å². The number of carbonyl (C=O) groups is 2. The van der Waals surface area contributed by atoms with Crippen molar-refractivity contribution in [3.8, 4) is 0 Å². The van der Waals surface area contributed by atoms with Crippen LogP contribution in [0.2, 0.25) is 0 Å². The minimum atomic E-state index is -0.962. The van der Waals surface area contributed by atoms with E-state index in [1.54, 1.807) is 17.0 Å². The maximum absolute atomic E-state index is 12.4. The van der Waals surface area contributed by atoms with Crippen LogP contribution in [-0.2, 0) is 16.0 Å². The summed E-state index contributed by atoms with van der Waals surface area (Å²) in [6, 6.07) is 5.02. The fourth-order valence-electron chi connectivity index (χ4n) is 3.06. The number of carbonyl (C=O) groups excluding carboxylic acids is 1. The predicted octanol–water partition coefficient (Wildman–Crippen LogP) is 2.23. The second kappa shape index (κ2) is 5.85. The molecule has 0 spiro atoms. The molecule has 0 bridgehead atoms. The van der Waals surface area contributed by atoms with Crippen LogP contribution in [0.1, 0.15) is 41.6 Å². The standard InChI is InChI=1S/C16H19NO4/c18-15(6-5-13-2-1-9-21-13)17-8-7-11-3-4-12(16(19)20)10-14(11)17/h3-4,10,13H,1-2,5-9H2,(H,19,20). The van der Waals surface area contributed by atoms with Crippen molar-refractivity contribution in [1.82, 2.24) is 0 Å². The molecule has 5 nitrogen and oxygen atoms in total. The van der Waals surface area contributed by atoms with Gasteiger partial charge in [-0.15, -0.1) is 0 Å². The Balaban J connectivity index is 1.68. The van der Waals surface area contributed by atoms with Gasteiger partial charge in [-0.05, 0) is 43.4 Å². The predicted molar refractivity (Wildman–Crippen MR) is 77.7 cm³/mol. The number of carboxylic acids is 1. The molecular formula is C16H19NO4. The molecule has 0 aromatic heterocycles. The molecular weight excluding hydrogens is 270 g/mol. The van der Waals surface area contributed by atoms with Gasteiger partial charge in [0.25, 0.3) is 0 Å². The zero-order valence-corrected chi connectivity index (χ0v) is 11.9. The molecule has 112 valence electrons. The summed E-state index contributed by atoms with van der Waals surface area (Å²) in [4.78, 5) is 25.1. The second-order valence-corrected chi connectivity index (χ2v) is 5.62. The number of nitrogens with zero attached hydrogens (tertiary/aromatic N) is 1. The third-order valence-corrected chi connectivity index (χ3v) is 4.23. The lowest BCUT2D eigenvalue weighted by Crippen LogP contribution is -2.29. The van der Waals surface area contributed by atoms with Crippen LogP contribution in [0.3, 0.4) is 0 Å². The van der Waals surface area contributed by atoms with Crippen molar-refractivity contribution in [2.45, 2.75) is 38.2 Å². The van der Waals surface area contributed by atoms with Crippen LogP contribution in [0.25, 0.3) is 0 Å². The SMILES string of the molecule is O=C(O)c1ccc2c(c1)N(C(=O)CCC1CCCO1)CC2. The maximum atomic E-state index is 12.4. The van der Waals surface area contributed by atoms with Gasteiger partial charge in [-0.25, -0.2) is 4.79 Å². The Labute approximate surface area is 123 Å². The molecule has 0 radical (unpaired) electrons. The van der Waals surface area contributed by atoms with Gasteiger partial charge in [0, 0.05) is 25.3 Å².